The van der Waals surface area contributed by atoms with Gasteiger partial charge in [0, 0.05) is 16.6 Å². The van der Waals surface area contributed by atoms with E-state index in [0.717, 1.165) is 34.7 Å². The monoisotopic (exact) mass is 422 g/mol. The summed E-state index contributed by atoms with van der Waals surface area (Å²) in [6.45, 7) is 5.96. The molecule has 0 saturated heterocycles. The van der Waals surface area contributed by atoms with Crippen LogP contribution in [0.3, 0.4) is 0 Å². The van der Waals surface area contributed by atoms with Gasteiger partial charge in [0.1, 0.15) is 5.01 Å². The molecule has 1 N–H and O–H groups in total. The van der Waals surface area contributed by atoms with Crippen LogP contribution < -0.4 is 5.32 Å². The average molecular weight is 423 g/mol. The van der Waals surface area contributed by atoms with Crippen LogP contribution >= 0.6 is 11.3 Å². The van der Waals surface area contributed by atoms with E-state index in [4.69, 9.17) is 4.74 Å². The molecule has 1 amide bonds. The van der Waals surface area contributed by atoms with E-state index in [2.05, 4.69) is 43.2 Å². The fourth-order valence-electron chi connectivity index (χ4n) is 3.03. The van der Waals surface area contributed by atoms with Crippen molar-refractivity contribution < 1.29 is 14.3 Å². The van der Waals surface area contributed by atoms with Crippen molar-refractivity contribution in [2.24, 2.45) is 0 Å². The molecular formula is C24H26N2O3S. The number of hydrogen-bond donors (Lipinski definition) is 1. The third-order valence-electron chi connectivity index (χ3n) is 5.03. The van der Waals surface area contributed by atoms with Crippen LogP contribution in [0, 0.1) is 0 Å². The Balaban J connectivity index is 1.58. The molecule has 0 unspecified atom stereocenters. The first-order valence-corrected chi connectivity index (χ1v) is 11.0. The number of para-hydroxylation sites is 1. The van der Waals surface area contributed by atoms with Crippen LogP contribution in [0.1, 0.15) is 54.7 Å². The summed E-state index contributed by atoms with van der Waals surface area (Å²) in [7, 11) is 0. The highest BCUT2D eigenvalue weighted by Gasteiger charge is 2.16. The van der Waals surface area contributed by atoms with Crippen molar-refractivity contribution in [2.45, 2.75) is 39.5 Å². The molecule has 6 heteroatoms. The van der Waals surface area contributed by atoms with Gasteiger partial charge in [-0.1, -0.05) is 63.2 Å². The van der Waals surface area contributed by atoms with Gasteiger partial charge in [0.15, 0.2) is 12.3 Å². The van der Waals surface area contributed by atoms with Crippen molar-refractivity contribution in [1.29, 1.82) is 0 Å². The fourth-order valence-corrected chi connectivity index (χ4v) is 3.83. The molecule has 1 atom stereocenters. The van der Waals surface area contributed by atoms with Crippen molar-refractivity contribution in [1.82, 2.24) is 4.98 Å². The molecule has 3 rings (SSSR count). The van der Waals surface area contributed by atoms with Gasteiger partial charge in [-0.05, 0) is 36.0 Å². The van der Waals surface area contributed by atoms with E-state index in [9.17, 15) is 9.59 Å². The molecule has 0 saturated carbocycles. The third-order valence-corrected chi connectivity index (χ3v) is 5.93. The molecule has 0 fully saturated rings. The second kappa shape index (κ2) is 10.2. The van der Waals surface area contributed by atoms with Crippen molar-refractivity contribution >= 4 is 28.9 Å². The second-order valence-electron chi connectivity index (χ2n) is 7.11. The molecular weight excluding hydrogens is 396 g/mol. The number of carbonyl (C=O) groups excluding carboxylic acids is 2. The minimum absolute atomic E-state index is 0.211. The SMILES string of the molecule is CCc1ccc(-c2nc(C(=O)OCC(=O)Nc3ccccc3[C@H](C)CC)cs2)cc1. The summed E-state index contributed by atoms with van der Waals surface area (Å²) in [6.07, 6.45) is 1.94. The first-order chi connectivity index (χ1) is 14.5. The number of thiazole rings is 1. The van der Waals surface area contributed by atoms with Gasteiger partial charge in [-0.2, -0.15) is 0 Å². The average Bonchev–Trinajstić information content (AvgIpc) is 3.28. The van der Waals surface area contributed by atoms with E-state index in [1.165, 1.54) is 16.9 Å². The topological polar surface area (TPSA) is 68.3 Å². The summed E-state index contributed by atoms with van der Waals surface area (Å²) in [4.78, 5) is 29.0. The summed E-state index contributed by atoms with van der Waals surface area (Å²) in [5.41, 5.74) is 4.23. The number of aryl methyl sites for hydroxylation is 1. The lowest BCUT2D eigenvalue weighted by atomic mass is 9.97. The van der Waals surface area contributed by atoms with Gasteiger partial charge in [-0.3, -0.25) is 4.79 Å². The number of nitrogens with one attached hydrogen (secondary N) is 1. The van der Waals surface area contributed by atoms with E-state index < -0.39 is 5.97 Å². The number of anilines is 1. The normalized spacial score (nSPS) is 11.7. The predicted octanol–water partition coefficient (Wildman–Crippen LogP) is 5.68. The molecule has 0 spiro atoms. The number of carbonyl (C=O) groups is 2. The highest BCUT2D eigenvalue weighted by atomic mass is 32.1. The van der Waals surface area contributed by atoms with E-state index >= 15 is 0 Å². The number of benzene rings is 2. The van der Waals surface area contributed by atoms with E-state index in [0.29, 0.717) is 5.92 Å². The molecule has 0 bridgehead atoms. The van der Waals surface area contributed by atoms with Crippen LogP contribution in [0.5, 0.6) is 0 Å². The summed E-state index contributed by atoms with van der Waals surface area (Å²) in [5.74, 6) is -0.651. The smallest absolute Gasteiger partial charge is 0.358 e. The Labute approximate surface area is 181 Å². The third kappa shape index (κ3) is 5.33. The van der Waals surface area contributed by atoms with Crippen molar-refractivity contribution in [2.75, 3.05) is 11.9 Å². The van der Waals surface area contributed by atoms with Crippen LogP contribution in [0.15, 0.2) is 53.9 Å². The zero-order valence-corrected chi connectivity index (χ0v) is 18.3. The maximum absolute atomic E-state index is 12.3. The largest absolute Gasteiger partial charge is 0.451 e. The van der Waals surface area contributed by atoms with Gasteiger partial charge in [0.05, 0.1) is 0 Å². The van der Waals surface area contributed by atoms with Crippen molar-refractivity contribution in [3.63, 3.8) is 0 Å². The summed E-state index contributed by atoms with van der Waals surface area (Å²) >= 11 is 1.38. The standard InChI is InChI=1S/C24H26N2O3S/c1-4-16(3)19-8-6-7-9-20(19)25-22(27)14-29-24(28)21-15-30-23(26-21)18-12-10-17(5-2)11-13-18/h6-13,15-16H,4-5,14H2,1-3H3,(H,25,27)/t16-/m1/s1. The minimum atomic E-state index is -0.604. The Kier molecular flexibility index (Phi) is 7.36. The number of esters is 1. The fraction of sp³-hybridized carbons (Fsp3) is 0.292. The minimum Gasteiger partial charge on any atom is -0.451 e. The Morgan fingerprint density at radius 1 is 1.10 bits per heavy atom. The van der Waals surface area contributed by atoms with Gasteiger partial charge >= 0.3 is 5.97 Å². The molecule has 5 nitrogen and oxygen atoms in total. The number of aromatic nitrogens is 1. The highest BCUT2D eigenvalue weighted by Crippen LogP contribution is 2.27. The van der Waals surface area contributed by atoms with Crippen LogP contribution in [0.25, 0.3) is 10.6 Å². The lowest BCUT2D eigenvalue weighted by molar-refractivity contribution is -0.119. The molecule has 1 aromatic heterocycles. The van der Waals surface area contributed by atoms with Crippen molar-refractivity contribution in [3.05, 3.63) is 70.7 Å². The van der Waals surface area contributed by atoms with Crippen LogP contribution in [-0.4, -0.2) is 23.5 Å². The van der Waals surface area contributed by atoms with E-state index in [-0.39, 0.29) is 18.2 Å². The summed E-state index contributed by atoms with van der Waals surface area (Å²) in [5, 5.41) is 5.24. The molecule has 0 aliphatic heterocycles. The van der Waals surface area contributed by atoms with Gasteiger partial charge in [-0.15, -0.1) is 11.3 Å². The Bertz CT molecular complexity index is 1010. The van der Waals surface area contributed by atoms with Crippen LogP contribution in [0.4, 0.5) is 5.69 Å². The Hall–Kier alpha value is -2.99. The molecule has 1 heterocycles. The van der Waals surface area contributed by atoms with E-state index in [1.807, 2.05) is 36.4 Å². The zero-order valence-electron chi connectivity index (χ0n) is 17.5. The second-order valence-corrected chi connectivity index (χ2v) is 7.97. The zero-order chi connectivity index (χ0) is 21.5. The van der Waals surface area contributed by atoms with Gasteiger partial charge < -0.3 is 10.1 Å². The summed E-state index contributed by atoms with van der Waals surface area (Å²) < 4.78 is 5.17. The highest BCUT2D eigenvalue weighted by molar-refractivity contribution is 7.13. The number of rotatable bonds is 8. The molecule has 2 aromatic carbocycles. The maximum Gasteiger partial charge on any atom is 0.358 e. The number of amides is 1. The molecule has 30 heavy (non-hydrogen) atoms. The van der Waals surface area contributed by atoms with Gasteiger partial charge in [0.25, 0.3) is 5.91 Å². The lowest BCUT2D eigenvalue weighted by Gasteiger charge is -2.15. The molecule has 0 aliphatic carbocycles. The lowest BCUT2D eigenvalue weighted by Crippen LogP contribution is -2.22. The van der Waals surface area contributed by atoms with E-state index in [1.54, 1.807) is 5.38 Å². The maximum atomic E-state index is 12.3. The number of ether oxygens (including phenoxy) is 1. The Morgan fingerprint density at radius 2 is 1.83 bits per heavy atom. The van der Waals surface area contributed by atoms with Gasteiger partial charge in [-0.25, -0.2) is 9.78 Å². The number of nitrogens with zero attached hydrogens (tertiary/aromatic N) is 1. The Morgan fingerprint density at radius 3 is 2.53 bits per heavy atom. The first-order valence-electron chi connectivity index (χ1n) is 10.1. The number of hydrogen-bond acceptors (Lipinski definition) is 5. The summed E-state index contributed by atoms with van der Waals surface area (Å²) in [6, 6.07) is 15.8. The van der Waals surface area contributed by atoms with Crippen molar-refractivity contribution in [3.8, 4) is 10.6 Å². The van der Waals surface area contributed by atoms with Gasteiger partial charge in [0.2, 0.25) is 0 Å². The molecule has 0 aliphatic rings. The van der Waals surface area contributed by atoms with Crippen LogP contribution in [0.2, 0.25) is 0 Å². The predicted molar refractivity (Wildman–Crippen MR) is 121 cm³/mol. The van der Waals surface area contributed by atoms with Crippen LogP contribution in [-0.2, 0) is 16.0 Å². The molecule has 3 aromatic rings. The molecule has 0 radical (unpaired) electrons. The molecule has 156 valence electrons. The quantitative estimate of drug-likeness (QED) is 0.474. The first kappa shape index (κ1) is 21.7.